The van der Waals surface area contributed by atoms with Crippen molar-refractivity contribution < 1.29 is 38.3 Å². The largest absolute Gasteiger partial charge is 0.373 e. The van der Waals surface area contributed by atoms with Crippen LogP contribution >= 0.6 is 0 Å². The highest BCUT2D eigenvalue weighted by molar-refractivity contribution is 5.97. The standard InChI is InChI=1S/C59H83N9O8/c1-35(60-9)51(69)65-49(58(3,4)5)56(74)67-30-29-42(32-48(67)55(73)64-46-24-16-20-39-18-12-14-22-44(39)46)76-34-37-25-27-40(28-26-37)53(71)62-41-31-47(54(72)63-45-23-15-19-38-17-11-13-21-43(38)45)68(33-41)57(75)50(59(6,7)8)66-52(70)36(2)61-10/h11-14,17-18,21-22,25-28,35-36,41-42,45-50,60-61H,15-16,19-20,23-24,29-34H2,1-10H3,(H,62,71)(H,63,72)(H,64,73)(H,65,69)(H,66,70)/t35-,36-,41-,42+,45+,46+,47-,48-,49?,50+/m0/s1. The molecule has 7 amide bonds. The van der Waals surface area contributed by atoms with Crippen molar-refractivity contribution in [3.05, 3.63) is 106 Å². The zero-order valence-electron chi connectivity index (χ0n) is 46.3. The molecule has 2 aliphatic carbocycles. The predicted molar refractivity (Wildman–Crippen MR) is 291 cm³/mol. The molecule has 2 saturated heterocycles. The van der Waals surface area contributed by atoms with Crippen molar-refractivity contribution in [2.45, 2.75) is 180 Å². The SMILES string of the molecule is CN[C@@H](C)C(=O)NC(C(=O)N1CC[C@@H](OCc2ccc(C(=O)N[C@H]3C[C@@H](C(=O)N[C@@H]4CCCc5ccccc54)N(C(=O)[C@@H](NC(=O)[C@H](C)NC)C(C)(C)C)C3)cc2)C[C@H]1C(=O)N[C@@H]1CCCc2ccccc21)C(C)(C)C. The number of likely N-dealkylation sites (N-methyl/N-ethyl adjacent to an activating group) is 2. The number of carbonyl (C=O) groups excluding carboxylic acids is 7. The third-order valence-corrected chi connectivity index (χ3v) is 15.9. The first-order valence-corrected chi connectivity index (χ1v) is 27.4. The third kappa shape index (κ3) is 13.9. The maximum absolute atomic E-state index is 14.6. The molecule has 2 fully saturated rings. The van der Waals surface area contributed by atoms with Crippen molar-refractivity contribution in [2.24, 2.45) is 10.8 Å². The quantitative estimate of drug-likeness (QED) is 0.0968. The molecule has 0 saturated carbocycles. The number of likely N-dealkylation sites (tertiary alicyclic amines) is 2. The summed E-state index contributed by atoms with van der Waals surface area (Å²) in [7, 11) is 3.36. The molecule has 0 bridgehead atoms. The Balaban J connectivity index is 1.03. The minimum absolute atomic E-state index is 0.0677. The lowest BCUT2D eigenvalue weighted by Gasteiger charge is -2.43. The van der Waals surface area contributed by atoms with Crippen LogP contribution in [0.1, 0.15) is 151 Å². The van der Waals surface area contributed by atoms with Gasteiger partial charge in [0.05, 0.1) is 36.9 Å². The van der Waals surface area contributed by atoms with E-state index in [0.29, 0.717) is 12.0 Å². The molecule has 17 nitrogen and oxygen atoms in total. The molecule has 7 N–H and O–H groups in total. The second-order valence-electron chi connectivity index (χ2n) is 23.6. The summed E-state index contributed by atoms with van der Waals surface area (Å²) in [4.78, 5) is 102. The van der Waals surface area contributed by atoms with Crippen LogP contribution in [0, 0.1) is 10.8 Å². The monoisotopic (exact) mass is 1050 g/mol. The lowest BCUT2D eigenvalue weighted by atomic mass is 9.84. The smallest absolute Gasteiger partial charge is 0.251 e. The van der Waals surface area contributed by atoms with E-state index < -0.39 is 59.0 Å². The summed E-state index contributed by atoms with van der Waals surface area (Å²) in [6.45, 7) is 15.3. The van der Waals surface area contributed by atoms with Crippen LogP contribution in [0.4, 0.5) is 0 Å². The van der Waals surface area contributed by atoms with E-state index in [1.165, 1.54) is 16.0 Å². The zero-order valence-corrected chi connectivity index (χ0v) is 46.3. The molecular weight excluding hydrogens is 963 g/mol. The number of amides is 7. The van der Waals surface area contributed by atoms with Crippen LogP contribution in [0.5, 0.6) is 0 Å². The van der Waals surface area contributed by atoms with Gasteiger partial charge in [-0.15, -0.1) is 0 Å². The number of nitrogens with zero attached hydrogens (tertiary/aromatic N) is 2. The number of nitrogens with one attached hydrogen (secondary N) is 7. The number of aryl methyl sites for hydroxylation is 2. The minimum Gasteiger partial charge on any atom is -0.373 e. The average Bonchev–Trinajstić information content (AvgIpc) is 3.83. The van der Waals surface area contributed by atoms with Crippen molar-refractivity contribution >= 4 is 41.4 Å². The van der Waals surface area contributed by atoms with E-state index in [-0.39, 0.29) is 86.2 Å². The minimum atomic E-state index is -0.948. The molecule has 0 aromatic heterocycles. The molecule has 17 heteroatoms. The van der Waals surface area contributed by atoms with Crippen LogP contribution in [0.2, 0.25) is 0 Å². The van der Waals surface area contributed by atoms with Gasteiger partial charge in [-0.2, -0.15) is 0 Å². The van der Waals surface area contributed by atoms with E-state index in [4.69, 9.17) is 4.74 Å². The Morgan fingerprint density at radius 1 is 0.605 bits per heavy atom. The summed E-state index contributed by atoms with van der Waals surface area (Å²) < 4.78 is 6.50. The van der Waals surface area contributed by atoms with Crippen LogP contribution in [0.3, 0.4) is 0 Å². The zero-order chi connectivity index (χ0) is 55.1. The summed E-state index contributed by atoms with van der Waals surface area (Å²) in [5.74, 6) is -2.31. The first-order chi connectivity index (χ1) is 36.1. The van der Waals surface area contributed by atoms with Gasteiger partial charge in [-0.1, -0.05) is 102 Å². The molecule has 0 radical (unpaired) electrons. The average molecular weight is 1050 g/mol. The topological polar surface area (TPSA) is 219 Å². The number of ether oxygens (including phenoxy) is 1. The fourth-order valence-corrected chi connectivity index (χ4v) is 11.0. The fraction of sp³-hybridized carbons (Fsp3) is 0.576. The van der Waals surface area contributed by atoms with Crippen molar-refractivity contribution in [1.29, 1.82) is 0 Å². The lowest BCUT2D eigenvalue weighted by Crippen LogP contribution is -2.63. The van der Waals surface area contributed by atoms with Gasteiger partial charge in [-0.3, -0.25) is 33.6 Å². The van der Waals surface area contributed by atoms with Crippen LogP contribution in [0.15, 0.2) is 72.8 Å². The van der Waals surface area contributed by atoms with Crippen LogP contribution in [-0.4, -0.2) is 127 Å². The van der Waals surface area contributed by atoms with E-state index in [1.54, 1.807) is 45.0 Å². The van der Waals surface area contributed by atoms with Gasteiger partial charge in [0.2, 0.25) is 35.4 Å². The van der Waals surface area contributed by atoms with Crippen LogP contribution in [0.25, 0.3) is 0 Å². The van der Waals surface area contributed by atoms with Crippen molar-refractivity contribution in [3.8, 4) is 0 Å². The van der Waals surface area contributed by atoms with E-state index in [2.05, 4.69) is 55.4 Å². The van der Waals surface area contributed by atoms with Gasteiger partial charge in [0.15, 0.2) is 0 Å². The fourth-order valence-electron chi connectivity index (χ4n) is 11.0. The highest BCUT2D eigenvalue weighted by Gasteiger charge is 2.47. The highest BCUT2D eigenvalue weighted by Crippen LogP contribution is 2.34. The molecule has 3 aromatic carbocycles. The first-order valence-electron chi connectivity index (χ1n) is 27.4. The second-order valence-corrected chi connectivity index (χ2v) is 23.6. The summed E-state index contributed by atoms with van der Waals surface area (Å²) in [5, 5.41) is 21.4. The summed E-state index contributed by atoms with van der Waals surface area (Å²) in [6.07, 6.45) is 5.76. The molecule has 412 valence electrons. The maximum atomic E-state index is 14.6. The van der Waals surface area contributed by atoms with Gasteiger partial charge < -0.3 is 51.8 Å². The first kappa shape index (κ1) is 57.5. The number of piperidine rings is 1. The van der Waals surface area contributed by atoms with E-state index in [0.717, 1.165) is 55.2 Å². The number of fused-ring (bicyclic) bond motifs is 2. The molecule has 0 spiro atoms. The molecule has 3 aromatic rings. The Kier molecular flexibility index (Phi) is 18.8. The predicted octanol–water partition coefficient (Wildman–Crippen LogP) is 4.93. The van der Waals surface area contributed by atoms with E-state index >= 15 is 0 Å². The van der Waals surface area contributed by atoms with Gasteiger partial charge in [0.25, 0.3) is 5.91 Å². The molecule has 2 aliphatic heterocycles. The molecule has 7 rings (SSSR count). The highest BCUT2D eigenvalue weighted by atomic mass is 16.5. The van der Waals surface area contributed by atoms with Gasteiger partial charge in [-0.25, -0.2) is 0 Å². The summed E-state index contributed by atoms with van der Waals surface area (Å²) in [5.41, 5.74) is 4.36. The molecular formula is C59H83N9O8. The second kappa shape index (κ2) is 24.9. The lowest BCUT2D eigenvalue weighted by molar-refractivity contribution is -0.151. The number of hydrogen-bond donors (Lipinski definition) is 7. The number of carbonyl (C=O) groups is 7. The molecule has 2 heterocycles. The normalized spacial score (nSPS) is 23.1. The van der Waals surface area contributed by atoms with Gasteiger partial charge in [0.1, 0.15) is 24.2 Å². The number of rotatable bonds is 17. The molecule has 76 heavy (non-hydrogen) atoms. The number of benzene rings is 3. The maximum Gasteiger partial charge on any atom is 0.251 e. The molecule has 10 atom stereocenters. The van der Waals surface area contributed by atoms with Gasteiger partial charge in [-0.05, 0) is 130 Å². The Hall–Kier alpha value is -6.17. The summed E-state index contributed by atoms with van der Waals surface area (Å²) >= 11 is 0. The van der Waals surface area contributed by atoms with Crippen molar-refractivity contribution in [1.82, 2.24) is 47.0 Å². The van der Waals surface area contributed by atoms with E-state index in [1.807, 2.05) is 84.0 Å². The van der Waals surface area contributed by atoms with Crippen LogP contribution in [-0.2, 0) is 53.0 Å². The summed E-state index contributed by atoms with van der Waals surface area (Å²) in [6, 6.07) is 17.6. The Labute approximate surface area is 449 Å². The van der Waals surface area contributed by atoms with Crippen molar-refractivity contribution in [3.63, 3.8) is 0 Å². The van der Waals surface area contributed by atoms with Gasteiger partial charge >= 0.3 is 0 Å². The van der Waals surface area contributed by atoms with Crippen LogP contribution < -0.4 is 37.2 Å². The van der Waals surface area contributed by atoms with E-state index in [9.17, 15) is 33.6 Å². The van der Waals surface area contributed by atoms with Gasteiger partial charge in [0, 0.05) is 31.1 Å². The Morgan fingerprint density at radius 3 is 1.57 bits per heavy atom. The Bertz CT molecular complexity index is 2570. The number of hydrogen-bond acceptors (Lipinski definition) is 10. The molecule has 1 unspecified atom stereocenters. The Morgan fingerprint density at radius 2 is 1.08 bits per heavy atom. The van der Waals surface area contributed by atoms with Crippen molar-refractivity contribution in [2.75, 3.05) is 27.2 Å². The third-order valence-electron chi connectivity index (χ3n) is 15.9. The molecule has 4 aliphatic rings.